The van der Waals surface area contributed by atoms with Crippen LogP contribution in [0.3, 0.4) is 0 Å². The van der Waals surface area contributed by atoms with Gasteiger partial charge in [0.1, 0.15) is 0 Å². The van der Waals surface area contributed by atoms with E-state index in [0.29, 0.717) is 12.5 Å². The molecule has 0 radical (unpaired) electrons. The summed E-state index contributed by atoms with van der Waals surface area (Å²) in [5.41, 5.74) is 1.28. The highest BCUT2D eigenvalue weighted by atomic mass is 32.2. The van der Waals surface area contributed by atoms with Gasteiger partial charge in [0.25, 0.3) is 0 Å². The van der Waals surface area contributed by atoms with E-state index in [0.717, 1.165) is 0 Å². The average molecular weight is 197 g/mol. The molecule has 1 aromatic carbocycles. The summed E-state index contributed by atoms with van der Waals surface area (Å²) in [6.07, 6.45) is 2.07. The van der Waals surface area contributed by atoms with Gasteiger partial charge >= 0.3 is 0 Å². The van der Waals surface area contributed by atoms with Crippen LogP contribution in [-0.4, -0.2) is 12.9 Å². The highest BCUT2D eigenvalue weighted by Gasteiger charge is 2.05. The van der Waals surface area contributed by atoms with Gasteiger partial charge in [-0.3, -0.25) is 0 Å². The summed E-state index contributed by atoms with van der Waals surface area (Å²) >= 11 is 1.75. The molecule has 0 heterocycles. The van der Waals surface area contributed by atoms with Gasteiger partial charge in [-0.15, -0.1) is 11.8 Å². The third-order valence-corrected chi connectivity index (χ3v) is 2.73. The van der Waals surface area contributed by atoms with E-state index in [1.54, 1.807) is 11.8 Å². The maximum absolute atomic E-state index is 5.03. The van der Waals surface area contributed by atoms with Gasteiger partial charge in [-0.1, -0.05) is 19.1 Å². The standard InChI is InChI=1S/C10H15NOS/c1-8(7-12-11)9-4-3-5-10(6-9)13-2/h3-6,8H,7,11H2,1-2H3. The number of thioether (sulfide) groups is 1. The van der Waals surface area contributed by atoms with Gasteiger partial charge in [0.05, 0.1) is 6.61 Å². The minimum absolute atomic E-state index is 0.358. The molecule has 1 aromatic rings. The fourth-order valence-corrected chi connectivity index (χ4v) is 1.66. The zero-order valence-electron chi connectivity index (χ0n) is 7.99. The number of hydrogen-bond acceptors (Lipinski definition) is 3. The van der Waals surface area contributed by atoms with E-state index in [4.69, 9.17) is 5.90 Å². The van der Waals surface area contributed by atoms with E-state index >= 15 is 0 Å². The molecule has 0 spiro atoms. The second-order valence-corrected chi connectivity index (χ2v) is 3.89. The lowest BCUT2D eigenvalue weighted by molar-refractivity contribution is 0.126. The van der Waals surface area contributed by atoms with Crippen molar-refractivity contribution in [3.05, 3.63) is 29.8 Å². The van der Waals surface area contributed by atoms with Crippen molar-refractivity contribution in [1.29, 1.82) is 0 Å². The second kappa shape index (κ2) is 5.27. The second-order valence-electron chi connectivity index (χ2n) is 3.01. The molecule has 0 aliphatic rings. The number of rotatable bonds is 4. The Morgan fingerprint density at radius 3 is 2.92 bits per heavy atom. The Balaban J connectivity index is 2.75. The Labute approximate surface area is 83.4 Å². The predicted octanol–water partition coefficient (Wildman–Crippen LogP) is 2.40. The zero-order chi connectivity index (χ0) is 9.68. The molecule has 1 unspecified atom stereocenters. The summed E-state index contributed by atoms with van der Waals surface area (Å²) in [5.74, 6) is 5.39. The van der Waals surface area contributed by atoms with Crippen LogP contribution in [0.2, 0.25) is 0 Å². The molecular formula is C10H15NOS. The Morgan fingerprint density at radius 1 is 1.54 bits per heavy atom. The Hall–Kier alpha value is -0.510. The first-order valence-electron chi connectivity index (χ1n) is 4.23. The SMILES string of the molecule is CSc1cccc(C(C)CON)c1. The van der Waals surface area contributed by atoms with Crippen LogP contribution in [0.4, 0.5) is 0 Å². The van der Waals surface area contributed by atoms with E-state index in [1.165, 1.54) is 10.5 Å². The van der Waals surface area contributed by atoms with Gasteiger partial charge < -0.3 is 4.84 Å². The largest absolute Gasteiger partial charge is 0.304 e. The summed E-state index contributed by atoms with van der Waals surface area (Å²) < 4.78 is 0. The van der Waals surface area contributed by atoms with Gasteiger partial charge in [-0.05, 0) is 24.0 Å². The molecule has 1 atom stereocenters. The van der Waals surface area contributed by atoms with Crippen molar-refractivity contribution in [3.63, 3.8) is 0 Å². The first-order valence-corrected chi connectivity index (χ1v) is 5.46. The minimum atomic E-state index is 0.358. The van der Waals surface area contributed by atoms with Crippen LogP contribution in [0.15, 0.2) is 29.2 Å². The van der Waals surface area contributed by atoms with Crippen molar-refractivity contribution < 1.29 is 4.84 Å². The average Bonchev–Trinajstić information content (AvgIpc) is 2.18. The Morgan fingerprint density at radius 2 is 2.31 bits per heavy atom. The normalized spacial score (nSPS) is 12.8. The zero-order valence-corrected chi connectivity index (χ0v) is 8.80. The first-order chi connectivity index (χ1) is 6.27. The van der Waals surface area contributed by atoms with Crippen molar-refractivity contribution in [1.82, 2.24) is 0 Å². The van der Waals surface area contributed by atoms with Gasteiger partial charge in [0.15, 0.2) is 0 Å². The molecule has 0 amide bonds. The fourth-order valence-electron chi connectivity index (χ4n) is 1.19. The lowest BCUT2D eigenvalue weighted by atomic mass is 10.0. The quantitative estimate of drug-likeness (QED) is 0.594. The van der Waals surface area contributed by atoms with E-state index in [-0.39, 0.29) is 0 Å². The molecule has 2 nitrogen and oxygen atoms in total. The van der Waals surface area contributed by atoms with E-state index in [9.17, 15) is 0 Å². The molecule has 2 N–H and O–H groups in total. The summed E-state index contributed by atoms with van der Waals surface area (Å²) in [6, 6.07) is 8.44. The van der Waals surface area contributed by atoms with E-state index in [2.05, 4.69) is 42.3 Å². The van der Waals surface area contributed by atoms with E-state index in [1.807, 2.05) is 0 Å². The molecule has 0 saturated carbocycles. The van der Waals surface area contributed by atoms with Gasteiger partial charge in [-0.25, -0.2) is 5.90 Å². The molecule has 0 aliphatic heterocycles. The van der Waals surface area contributed by atoms with Gasteiger partial charge in [0.2, 0.25) is 0 Å². The smallest absolute Gasteiger partial charge is 0.0745 e. The molecule has 0 aromatic heterocycles. The van der Waals surface area contributed by atoms with E-state index < -0.39 is 0 Å². The van der Waals surface area contributed by atoms with Crippen molar-refractivity contribution in [3.8, 4) is 0 Å². The predicted molar refractivity (Wildman–Crippen MR) is 56.8 cm³/mol. The van der Waals surface area contributed by atoms with Crippen LogP contribution < -0.4 is 5.90 Å². The molecule has 72 valence electrons. The van der Waals surface area contributed by atoms with Crippen molar-refractivity contribution in [2.45, 2.75) is 17.7 Å². The highest BCUT2D eigenvalue weighted by Crippen LogP contribution is 2.21. The van der Waals surface area contributed by atoms with Crippen LogP contribution in [0, 0.1) is 0 Å². The molecule has 13 heavy (non-hydrogen) atoms. The summed E-state index contributed by atoms with van der Waals surface area (Å²) in [6.45, 7) is 2.67. The highest BCUT2D eigenvalue weighted by molar-refractivity contribution is 7.98. The summed E-state index contributed by atoms with van der Waals surface area (Å²) in [4.78, 5) is 5.90. The van der Waals surface area contributed by atoms with Crippen LogP contribution in [0.25, 0.3) is 0 Å². The molecule has 0 fully saturated rings. The molecule has 3 heteroatoms. The minimum Gasteiger partial charge on any atom is -0.304 e. The first kappa shape index (κ1) is 10.6. The Kier molecular flexibility index (Phi) is 4.28. The van der Waals surface area contributed by atoms with Crippen molar-refractivity contribution in [2.24, 2.45) is 5.90 Å². The maximum atomic E-state index is 5.03. The molecular weight excluding hydrogens is 182 g/mol. The number of hydrogen-bond donors (Lipinski definition) is 1. The third-order valence-electron chi connectivity index (χ3n) is 2.01. The van der Waals surface area contributed by atoms with Gasteiger partial charge in [-0.2, -0.15) is 0 Å². The van der Waals surface area contributed by atoms with Crippen LogP contribution in [-0.2, 0) is 4.84 Å². The van der Waals surface area contributed by atoms with Gasteiger partial charge in [0, 0.05) is 10.8 Å². The number of nitrogens with two attached hydrogens (primary N) is 1. The Bertz CT molecular complexity index is 265. The fraction of sp³-hybridized carbons (Fsp3) is 0.400. The maximum Gasteiger partial charge on any atom is 0.0745 e. The molecule has 0 aliphatic carbocycles. The summed E-state index contributed by atoms with van der Waals surface area (Å²) in [5, 5.41) is 0. The lowest BCUT2D eigenvalue weighted by Crippen LogP contribution is -2.08. The van der Waals surface area contributed by atoms with Crippen LogP contribution in [0.5, 0.6) is 0 Å². The third kappa shape index (κ3) is 3.03. The molecule has 0 bridgehead atoms. The van der Waals surface area contributed by atoms with Crippen LogP contribution in [0.1, 0.15) is 18.4 Å². The summed E-state index contributed by atoms with van der Waals surface area (Å²) in [7, 11) is 0. The monoisotopic (exact) mass is 197 g/mol. The molecule has 0 saturated heterocycles. The van der Waals surface area contributed by atoms with Crippen molar-refractivity contribution in [2.75, 3.05) is 12.9 Å². The van der Waals surface area contributed by atoms with Crippen molar-refractivity contribution >= 4 is 11.8 Å². The molecule has 1 rings (SSSR count). The topological polar surface area (TPSA) is 35.2 Å². The number of benzene rings is 1. The lowest BCUT2D eigenvalue weighted by Gasteiger charge is -2.10. The van der Waals surface area contributed by atoms with Crippen LogP contribution >= 0.6 is 11.8 Å².